The van der Waals surface area contributed by atoms with Crippen LogP contribution in [0.1, 0.15) is 47.0 Å². The van der Waals surface area contributed by atoms with Crippen LogP contribution in [0.25, 0.3) is 0 Å². The van der Waals surface area contributed by atoms with Gasteiger partial charge in [0.1, 0.15) is 6.04 Å². The molecule has 2 unspecified atom stereocenters. The molecular formula is C14H26N2O3. The number of hydrogen-bond donors (Lipinski definition) is 1. The predicted octanol–water partition coefficient (Wildman–Crippen LogP) is 2.41. The normalized spacial score (nSPS) is 24.2. The first-order chi connectivity index (χ1) is 8.72. The number of amides is 2. The molecule has 1 aliphatic heterocycles. The third-order valence-electron chi connectivity index (χ3n) is 4.49. The molecule has 0 aromatic carbocycles. The van der Waals surface area contributed by atoms with Crippen molar-refractivity contribution < 1.29 is 14.7 Å². The largest absolute Gasteiger partial charge is 0.480 e. The van der Waals surface area contributed by atoms with Gasteiger partial charge in [-0.15, -0.1) is 0 Å². The van der Waals surface area contributed by atoms with Gasteiger partial charge < -0.3 is 14.9 Å². The maximum atomic E-state index is 12.6. The number of hydrogen-bond acceptors (Lipinski definition) is 2. The summed E-state index contributed by atoms with van der Waals surface area (Å²) in [7, 11) is 1.75. The fourth-order valence-corrected chi connectivity index (χ4v) is 2.47. The fourth-order valence-electron chi connectivity index (χ4n) is 2.47. The Balaban J connectivity index is 2.93. The van der Waals surface area contributed by atoms with Crippen molar-refractivity contribution >= 4 is 12.0 Å². The van der Waals surface area contributed by atoms with E-state index in [1.807, 2.05) is 27.7 Å². The molecule has 0 radical (unpaired) electrons. The van der Waals surface area contributed by atoms with Crippen molar-refractivity contribution in [3.63, 3.8) is 0 Å². The summed E-state index contributed by atoms with van der Waals surface area (Å²) in [6, 6.07) is -0.873. The smallest absolute Gasteiger partial charge is 0.326 e. The molecule has 0 saturated carbocycles. The van der Waals surface area contributed by atoms with Gasteiger partial charge in [-0.05, 0) is 39.0 Å². The monoisotopic (exact) mass is 270 g/mol. The molecule has 2 atom stereocenters. The van der Waals surface area contributed by atoms with Gasteiger partial charge >= 0.3 is 12.0 Å². The van der Waals surface area contributed by atoms with Crippen molar-refractivity contribution in [2.24, 2.45) is 5.92 Å². The standard InChI is InChI=1S/C14H26N2O3/c1-6-14(3,4)15(5)13(19)16-9-7-8-10(2)11(16)12(17)18/h10-11H,6-9H2,1-5H3,(H,17,18). The Morgan fingerprint density at radius 2 is 2.00 bits per heavy atom. The Morgan fingerprint density at radius 3 is 2.47 bits per heavy atom. The molecule has 1 N–H and O–H groups in total. The molecule has 5 nitrogen and oxygen atoms in total. The first kappa shape index (κ1) is 15.8. The first-order valence-electron chi connectivity index (χ1n) is 6.99. The van der Waals surface area contributed by atoms with E-state index in [-0.39, 0.29) is 17.5 Å². The molecule has 0 aliphatic carbocycles. The van der Waals surface area contributed by atoms with E-state index in [2.05, 4.69) is 0 Å². The van der Waals surface area contributed by atoms with Crippen molar-refractivity contribution in [2.45, 2.75) is 58.5 Å². The van der Waals surface area contributed by atoms with Gasteiger partial charge in [0.05, 0.1) is 0 Å². The summed E-state index contributed by atoms with van der Waals surface area (Å²) in [5.74, 6) is -0.892. The molecule has 0 aromatic rings. The van der Waals surface area contributed by atoms with Crippen LogP contribution in [0.3, 0.4) is 0 Å². The maximum absolute atomic E-state index is 12.6. The molecule has 1 saturated heterocycles. The Hall–Kier alpha value is -1.26. The minimum Gasteiger partial charge on any atom is -0.480 e. The lowest BCUT2D eigenvalue weighted by molar-refractivity contribution is -0.145. The van der Waals surface area contributed by atoms with E-state index in [0.717, 1.165) is 19.3 Å². The highest BCUT2D eigenvalue weighted by atomic mass is 16.4. The molecule has 1 aliphatic rings. The summed E-state index contributed by atoms with van der Waals surface area (Å²) >= 11 is 0. The molecule has 5 heteroatoms. The highest BCUT2D eigenvalue weighted by Crippen LogP contribution is 2.27. The van der Waals surface area contributed by atoms with Gasteiger partial charge in [-0.3, -0.25) is 0 Å². The SMILES string of the molecule is CCC(C)(C)N(C)C(=O)N1CCCC(C)C1C(=O)O. The molecule has 2 amide bonds. The lowest BCUT2D eigenvalue weighted by Crippen LogP contribution is -2.58. The molecular weight excluding hydrogens is 244 g/mol. The van der Waals surface area contributed by atoms with E-state index in [4.69, 9.17) is 0 Å². The highest BCUT2D eigenvalue weighted by molar-refractivity contribution is 5.83. The zero-order valence-electron chi connectivity index (χ0n) is 12.6. The Morgan fingerprint density at radius 1 is 1.42 bits per heavy atom. The molecule has 1 heterocycles. The van der Waals surface area contributed by atoms with Crippen LogP contribution in [0, 0.1) is 5.92 Å². The molecule has 0 bridgehead atoms. The van der Waals surface area contributed by atoms with Gasteiger partial charge in [0.15, 0.2) is 0 Å². The van der Waals surface area contributed by atoms with Crippen LogP contribution in [-0.2, 0) is 4.79 Å². The number of piperidine rings is 1. The summed E-state index contributed by atoms with van der Waals surface area (Å²) in [4.78, 5) is 27.2. The minimum atomic E-state index is -0.900. The molecule has 0 spiro atoms. The first-order valence-corrected chi connectivity index (χ1v) is 6.99. The maximum Gasteiger partial charge on any atom is 0.326 e. The van der Waals surface area contributed by atoms with E-state index >= 15 is 0 Å². The highest BCUT2D eigenvalue weighted by Gasteiger charge is 2.40. The van der Waals surface area contributed by atoms with E-state index in [0.29, 0.717) is 6.54 Å². The van der Waals surface area contributed by atoms with Crippen LogP contribution in [0.5, 0.6) is 0 Å². The van der Waals surface area contributed by atoms with Gasteiger partial charge in [0.2, 0.25) is 0 Å². The predicted molar refractivity (Wildman–Crippen MR) is 74.1 cm³/mol. The fraction of sp³-hybridized carbons (Fsp3) is 0.857. The van der Waals surface area contributed by atoms with E-state index in [1.165, 1.54) is 4.90 Å². The number of carboxylic acid groups (broad SMARTS) is 1. The summed E-state index contributed by atoms with van der Waals surface area (Å²) in [6.45, 7) is 8.45. The van der Waals surface area contributed by atoms with Gasteiger partial charge in [-0.25, -0.2) is 9.59 Å². The van der Waals surface area contributed by atoms with E-state index in [1.54, 1.807) is 11.9 Å². The van der Waals surface area contributed by atoms with Crippen LogP contribution < -0.4 is 0 Å². The van der Waals surface area contributed by atoms with Gasteiger partial charge in [0, 0.05) is 19.1 Å². The Kier molecular flexibility index (Phi) is 4.82. The van der Waals surface area contributed by atoms with Crippen LogP contribution in [0.15, 0.2) is 0 Å². The quantitative estimate of drug-likeness (QED) is 0.856. The summed E-state index contributed by atoms with van der Waals surface area (Å²) in [5.41, 5.74) is -0.263. The van der Waals surface area contributed by atoms with Crippen molar-refractivity contribution in [1.29, 1.82) is 0 Å². The third kappa shape index (κ3) is 3.19. The number of carbonyl (C=O) groups excluding carboxylic acids is 1. The van der Waals surface area contributed by atoms with E-state index in [9.17, 15) is 14.7 Å². The van der Waals surface area contributed by atoms with Crippen LogP contribution in [0.2, 0.25) is 0 Å². The molecule has 1 fully saturated rings. The lowest BCUT2D eigenvalue weighted by Gasteiger charge is -2.43. The zero-order chi connectivity index (χ0) is 14.8. The molecule has 110 valence electrons. The topological polar surface area (TPSA) is 60.9 Å². The number of likely N-dealkylation sites (tertiary alicyclic amines) is 1. The minimum absolute atomic E-state index is 0.00772. The second-order valence-corrected chi connectivity index (χ2v) is 6.10. The third-order valence-corrected chi connectivity index (χ3v) is 4.49. The van der Waals surface area contributed by atoms with Crippen molar-refractivity contribution in [3.05, 3.63) is 0 Å². The number of aliphatic carboxylic acids is 1. The van der Waals surface area contributed by atoms with Crippen molar-refractivity contribution in [1.82, 2.24) is 9.80 Å². The van der Waals surface area contributed by atoms with Gasteiger partial charge in [0.25, 0.3) is 0 Å². The van der Waals surface area contributed by atoms with E-state index < -0.39 is 12.0 Å². The zero-order valence-corrected chi connectivity index (χ0v) is 12.6. The average Bonchev–Trinajstić information content (AvgIpc) is 2.36. The summed E-state index contributed by atoms with van der Waals surface area (Å²) in [5, 5.41) is 9.36. The summed E-state index contributed by atoms with van der Waals surface area (Å²) in [6.07, 6.45) is 2.56. The number of urea groups is 1. The number of carboxylic acids is 1. The lowest BCUT2D eigenvalue weighted by atomic mass is 9.91. The second-order valence-electron chi connectivity index (χ2n) is 6.10. The Labute approximate surface area is 115 Å². The number of rotatable bonds is 3. The van der Waals surface area contributed by atoms with Crippen molar-refractivity contribution in [3.8, 4) is 0 Å². The Bertz CT molecular complexity index is 355. The van der Waals surface area contributed by atoms with Crippen LogP contribution in [0.4, 0.5) is 4.79 Å². The average molecular weight is 270 g/mol. The van der Waals surface area contributed by atoms with Gasteiger partial charge in [-0.1, -0.05) is 13.8 Å². The van der Waals surface area contributed by atoms with Gasteiger partial charge in [-0.2, -0.15) is 0 Å². The molecule has 1 rings (SSSR count). The van der Waals surface area contributed by atoms with Crippen molar-refractivity contribution in [2.75, 3.05) is 13.6 Å². The number of carbonyl (C=O) groups is 2. The second kappa shape index (κ2) is 5.80. The summed E-state index contributed by atoms with van der Waals surface area (Å²) < 4.78 is 0. The molecule has 0 aromatic heterocycles. The van der Waals surface area contributed by atoms with Crippen LogP contribution >= 0.6 is 0 Å². The van der Waals surface area contributed by atoms with Crippen LogP contribution in [-0.4, -0.2) is 52.1 Å². The number of nitrogens with zero attached hydrogens (tertiary/aromatic N) is 2. The molecule has 19 heavy (non-hydrogen) atoms.